The lowest BCUT2D eigenvalue weighted by atomic mass is 9.77. The van der Waals surface area contributed by atoms with Crippen molar-refractivity contribution >= 4 is 23.0 Å². The zero-order valence-electron chi connectivity index (χ0n) is 27.7. The van der Waals surface area contributed by atoms with E-state index in [0.717, 1.165) is 45.1 Å². The number of para-hydroxylation sites is 1. The fraction of sp³-hybridized carbons (Fsp3) is 0.140. The highest BCUT2D eigenvalue weighted by molar-refractivity contribution is 5.97. The van der Waals surface area contributed by atoms with Gasteiger partial charge in [0.05, 0.1) is 24.0 Å². The van der Waals surface area contributed by atoms with Crippen LogP contribution >= 0.6 is 0 Å². The average Bonchev–Trinajstić information content (AvgIpc) is 3.44. The first-order chi connectivity index (χ1) is 24.0. The number of esters is 1. The van der Waals surface area contributed by atoms with Gasteiger partial charge in [0.25, 0.3) is 0 Å². The van der Waals surface area contributed by atoms with E-state index in [2.05, 4.69) is 83.5 Å². The van der Waals surface area contributed by atoms with Gasteiger partial charge in [0.2, 0.25) is 0 Å². The highest BCUT2D eigenvalue weighted by Crippen LogP contribution is 2.57. The van der Waals surface area contributed by atoms with Gasteiger partial charge in [0, 0.05) is 42.5 Å². The van der Waals surface area contributed by atoms with Crippen molar-refractivity contribution < 1.29 is 19.0 Å². The van der Waals surface area contributed by atoms with E-state index in [1.165, 1.54) is 11.1 Å². The second-order valence-electron chi connectivity index (χ2n) is 12.6. The predicted octanol–water partition coefficient (Wildman–Crippen LogP) is 9.55. The minimum absolute atomic E-state index is 0.348. The lowest BCUT2D eigenvalue weighted by Crippen LogP contribution is -2.33. The molecule has 1 atom stereocenters. The third-order valence-electron chi connectivity index (χ3n) is 9.61. The smallest absolute Gasteiger partial charge is 0.340 e. The maximum atomic E-state index is 13.4. The number of anilines is 3. The largest absolute Gasteiger partial charge is 0.492 e. The number of benzene rings is 6. The van der Waals surface area contributed by atoms with Crippen LogP contribution in [0.3, 0.4) is 0 Å². The fourth-order valence-electron chi connectivity index (χ4n) is 7.30. The monoisotopic (exact) mass is 644 g/mol. The van der Waals surface area contributed by atoms with Gasteiger partial charge in [-0.05, 0) is 60.0 Å². The van der Waals surface area contributed by atoms with E-state index >= 15 is 0 Å². The third-order valence-corrected chi connectivity index (χ3v) is 9.61. The molecule has 0 fully saturated rings. The lowest BCUT2D eigenvalue weighted by molar-refractivity contribution is 0.0224. The van der Waals surface area contributed by atoms with Crippen LogP contribution in [-0.4, -0.2) is 20.1 Å². The van der Waals surface area contributed by atoms with Gasteiger partial charge in [-0.2, -0.15) is 0 Å². The molecule has 0 N–H and O–H groups in total. The summed E-state index contributed by atoms with van der Waals surface area (Å²) in [6.45, 7) is 3.56. The highest BCUT2D eigenvalue weighted by Gasteiger charge is 2.53. The number of carbonyl (C=O) groups excluding carboxylic acids is 1. The highest BCUT2D eigenvalue weighted by atomic mass is 16.6. The first-order valence-corrected chi connectivity index (χ1v) is 16.5. The molecule has 2 aliphatic heterocycles. The molecule has 6 aromatic carbocycles. The van der Waals surface area contributed by atoms with Gasteiger partial charge >= 0.3 is 5.97 Å². The van der Waals surface area contributed by atoms with Crippen LogP contribution in [0.5, 0.6) is 17.2 Å². The second-order valence-corrected chi connectivity index (χ2v) is 12.6. The van der Waals surface area contributed by atoms with Crippen molar-refractivity contribution in [2.75, 3.05) is 24.0 Å². The molecule has 1 unspecified atom stereocenters. The van der Waals surface area contributed by atoms with Gasteiger partial charge in [-0.15, -0.1) is 0 Å². The normalized spacial score (nSPS) is 15.4. The fourth-order valence-corrected chi connectivity index (χ4v) is 7.30. The summed E-state index contributed by atoms with van der Waals surface area (Å²) in [5.74, 6) is 1.75. The van der Waals surface area contributed by atoms with Crippen molar-refractivity contribution in [1.82, 2.24) is 0 Å². The molecule has 6 nitrogen and oxygen atoms in total. The van der Waals surface area contributed by atoms with Crippen molar-refractivity contribution in [2.45, 2.75) is 25.6 Å². The van der Waals surface area contributed by atoms with E-state index in [-0.39, 0.29) is 5.97 Å². The van der Waals surface area contributed by atoms with E-state index in [9.17, 15) is 4.79 Å². The van der Waals surface area contributed by atoms with Gasteiger partial charge < -0.3 is 24.0 Å². The lowest BCUT2D eigenvalue weighted by Gasteiger charge is -2.37. The van der Waals surface area contributed by atoms with Crippen molar-refractivity contribution in [1.29, 1.82) is 0 Å². The molecule has 1 spiro atoms. The van der Waals surface area contributed by atoms with Gasteiger partial charge in [0.1, 0.15) is 11.5 Å². The Labute approximate surface area is 286 Å². The van der Waals surface area contributed by atoms with Gasteiger partial charge in [-0.1, -0.05) is 103 Å². The molecule has 49 heavy (non-hydrogen) atoms. The number of ether oxygens (including phenoxy) is 3. The molecule has 0 bridgehead atoms. The standard InChI is InChI=1S/C43H36N2O4/c1-29-22-24-37(41(47-3)40(29)45(27-30-14-6-4-7-15-30)28-31-16-8-5-9-17-31)44(2)32-23-25-39-36(26-32)43(35-20-12-13-21-38(35)48-39)34-19-11-10-18-33(34)42(46)49-43/h4-26H,27-28H2,1-3H3. The van der Waals surface area contributed by atoms with Crippen LogP contribution in [0.4, 0.5) is 17.1 Å². The van der Waals surface area contributed by atoms with Crippen LogP contribution in [0.25, 0.3) is 0 Å². The van der Waals surface area contributed by atoms with Crippen molar-refractivity contribution in [2.24, 2.45) is 0 Å². The Morgan fingerprint density at radius 1 is 0.673 bits per heavy atom. The van der Waals surface area contributed by atoms with Gasteiger partial charge in [-0.25, -0.2) is 4.79 Å². The molecule has 0 amide bonds. The summed E-state index contributed by atoms with van der Waals surface area (Å²) < 4.78 is 19.1. The minimum atomic E-state index is -1.14. The van der Waals surface area contributed by atoms with E-state index in [1.54, 1.807) is 7.11 Å². The Hall–Kier alpha value is -6.01. The number of hydrogen-bond acceptors (Lipinski definition) is 6. The summed E-state index contributed by atoms with van der Waals surface area (Å²) in [5.41, 5.74) is 8.18. The van der Waals surface area contributed by atoms with E-state index in [1.807, 2.05) is 79.8 Å². The molecule has 0 saturated carbocycles. The first kappa shape index (κ1) is 30.3. The van der Waals surface area contributed by atoms with Gasteiger partial charge in [0.15, 0.2) is 11.4 Å². The first-order valence-electron chi connectivity index (χ1n) is 16.5. The number of rotatable bonds is 8. The number of hydrogen-bond donors (Lipinski definition) is 0. The Morgan fingerprint density at radius 2 is 1.29 bits per heavy atom. The summed E-state index contributed by atoms with van der Waals surface area (Å²) in [6, 6.07) is 46.8. The molecule has 242 valence electrons. The van der Waals surface area contributed by atoms with E-state index < -0.39 is 5.60 Å². The maximum absolute atomic E-state index is 13.4. The topological polar surface area (TPSA) is 51.2 Å². The predicted molar refractivity (Wildman–Crippen MR) is 193 cm³/mol. The molecule has 0 radical (unpaired) electrons. The molecule has 6 heteroatoms. The Bertz CT molecular complexity index is 2140. The molecule has 0 saturated heterocycles. The molecule has 6 aromatic rings. The Kier molecular flexibility index (Phi) is 7.56. The molecular weight excluding hydrogens is 608 g/mol. The zero-order valence-corrected chi connectivity index (χ0v) is 27.7. The van der Waals surface area contributed by atoms with Crippen molar-refractivity contribution in [3.8, 4) is 17.2 Å². The SMILES string of the molecule is COc1c(N(C)c2ccc3c(c2)C2(OC(=O)c4ccccc42)c2ccccc2O3)ccc(C)c1N(Cc1ccccc1)Cc1ccccc1. The summed E-state index contributed by atoms with van der Waals surface area (Å²) in [6.07, 6.45) is 0. The van der Waals surface area contributed by atoms with Crippen molar-refractivity contribution in [3.05, 3.63) is 178 Å². The Morgan fingerprint density at radius 3 is 1.98 bits per heavy atom. The van der Waals surface area contributed by atoms with Crippen molar-refractivity contribution in [3.63, 3.8) is 0 Å². The van der Waals surface area contributed by atoms with Crippen LogP contribution in [0, 0.1) is 6.92 Å². The van der Waals surface area contributed by atoms with Crippen LogP contribution in [0.2, 0.25) is 0 Å². The quantitative estimate of drug-likeness (QED) is 0.154. The second kappa shape index (κ2) is 12.2. The summed E-state index contributed by atoms with van der Waals surface area (Å²) in [5, 5.41) is 0. The van der Waals surface area contributed by atoms with Gasteiger partial charge in [-0.3, -0.25) is 0 Å². The summed E-state index contributed by atoms with van der Waals surface area (Å²) in [7, 11) is 3.77. The molecule has 2 heterocycles. The number of fused-ring (bicyclic) bond motifs is 6. The summed E-state index contributed by atoms with van der Waals surface area (Å²) in [4.78, 5) is 17.9. The average molecular weight is 645 g/mol. The number of methoxy groups -OCH3 is 1. The number of carbonyl (C=O) groups is 1. The number of nitrogens with zero attached hydrogens (tertiary/aromatic N) is 2. The Balaban J connectivity index is 1.25. The molecule has 8 rings (SSSR count). The number of aryl methyl sites for hydroxylation is 1. The third kappa shape index (κ3) is 5.08. The maximum Gasteiger partial charge on any atom is 0.340 e. The van der Waals surface area contributed by atoms with Crippen LogP contribution in [-0.2, 0) is 23.4 Å². The summed E-state index contributed by atoms with van der Waals surface area (Å²) >= 11 is 0. The van der Waals surface area contributed by atoms with E-state index in [4.69, 9.17) is 14.2 Å². The molecule has 0 aromatic heterocycles. The van der Waals surface area contributed by atoms with Crippen LogP contribution < -0.4 is 19.3 Å². The van der Waals surface area contributed by atoms with E-state index in [0.29, 0.717) is 30.2 Å². The molecular formula is C43H36N2O4. The molecule has 0 aliphatic carbocycles. The molecule has 2 aliphatic rings. The van der Waals surface area contributed by atoms with Crippen LogP contribution in [0.1, 0.15) is 43.7 Å². The minimum Gasteiger partial charge on any atom is -0.492 e. The zero-order chi connectivity index (χ0) is 33.5. The van der Waals surface area contributed by atoms with Crippen LogP contribution in [0.15, 0.2) is 140 Å².